The molecular formula is C27H32N2O7S2. The number of aromatic nitrogens is 1. The van der Waals surface area contributed by atoms with Crippen molar-refractivity contribution in [1.29, 1.82) is 0 Å². The number of benzene rings is 1. The van der Waals surface area contributed by atoms with Gasteiger partial charge in [-0.2, -0.15) is 0 Å². The molecule has 0 radical (unpaired) electrons. The van der Waals surface area contributed by atoms with E-state index in [1.54, 1.807) is 29.6 Å². The molecule has 1 heterocycles. The first-order chi connectivity index (χ1) is 18.1. The van der Waals surface area contributed by atoms with Crippen molar-refractivity contribution in [2.24, 2.45) is 5.92 Å². The second-order valence-corrected chi connectivity index (χ2v) is 12.7. The molecule has 0 aliphatic heterocycles. The third kappa shape index (κ3) is 7.28. The van der Waals surface area contributed by atoms with Gasteiger partial charge in [0.1, 0.15) is 6.10 Å². The average Bonchev–Trinajstić information content (AvgIpc) is 3.43. The molecule has 11 heteroatoms. The van der Waals surface area contributed by atoms with Gasteiger partial charge in [-0.25, -0.2) is 13.4 Å². The van der Waals surface area contributed by atoms with Gasteiger partial charge in [0.15, 0.2) is 15.0 Å². The lowest BCUT2D eigenvalue weighted by Crippen LogP contribution is -2.16. The molecule has 204 valence electrons. The largest absolute Gasteiger partial charge is 0.466 e. The van der Waals surface area contributed by atoms with Crippen LogP contribution in [0.5, 0.6) is 0 Å². The van der Waals surface area contributed by atoms with Crippen LogP contribution in [0.2, 0.25) is 0 Å². The molecule has 2 aromatic rings. The van der Waals surface area contributed by atoms with E-state index in [1.807, 2.05) is 6.08 Å². The van der Waals surface area contributed by atoms with Crippen LogP contribution >= 0.6 is 11.3 Å². The molecule has 0 saturated heterocycles. The van der Waals surface area contributed by atoms with Gasteiger partial charge in [-0.3, -0.25) is 19.7 Å². The minimum absolute atomic E-state index is 0.0627. The van der Waals surface area contributed by atoms with Gasteiger partial charge in [0.25, 0.3) is 5.91 Å². The number of carbonyl (C=O) groups is 3. The quantitative estimate of drug-likeness (QED) is 0.305. The molecule has 0 bridgehead atoms. The lowest BCUT2D eigenvalue weighted by Gasteiger charge is -2.14. The third-order valence-electron chi connectivity index (χ3n) is 6.57. The van der Waals surface area contributed by atoms with Gasteiger partial charge in [0.05, 0.1) is 22.4 Å². The van der Waals surface area contributed by atoms with Crippen LogP contribution in [0.25, 0.3) is 5.57 Å². The fourth-order valence-electron chi connectivity index (χ4n) is 4.49. The summed E-state index contributed by atoms with van der Waals surface area (Å²) in [5.41, 5.74) is 1.55. The first kappa shape index (κ1) is 28.0. The Balaban J connectivity index is 1.52. The summed E-state index contributed by atoms with van der Waals surface area (Å²) < 4.78 is 35.5. The molecule has 4 rings (SSSR count). The van der Waals surface area contributed by atoms with Crippen LogP contribution < -0.4 is 5.32 Å². The van der Waals surface area contributed by atoms with E-state index >= 15 is 0 Å². The van der Waals surface area contributed by atoms with E-state index in [4.69, 9.17) is 9.47 Å². The van der Waals surface area contributed by atoms with Crippen molar-refractivity contribution in [3.8, 4) is 0 Å². The lowest BCUT2D eigenvalue weighted by molar-refractivity contribution is -0.149. The molecule has 38 heavy (non-hydrogen) atoms. The summed E-state index contributed by atoms with van der Waals surface area (Å²) in [6.07, 6.45) is 7.08. The molecule has 1 amide bonds. The molecule has 2 aliphatic carbocycles. The minimum atomic E-state index is -3.32. The normalized spacial score (nSPS) is 17.2. The van der Waals surface area contributed by atoms with Crippen LogP contribution in [0, 0.1) is 5.92 Å². The number of nitrogens with one attached hydrogen (secondary N) is 1. The number of sulfone groups is 1. The Morgan fingerprint density at radius 3 is 2.37 bits per heavy atom. The second kappa shape index (κ2) is 12.2. The van der Waals surface area contributed by atoms with Crippen LogP contribution in [-0.2, 0) is 33.7 Å². The molecule has 9 nitrogen and oxygen atoms in total. The smallest absolute Gasteiger partial charge is 0.303 e. The Labute approximate surface area is 226 Å². The predicted octanol–water partition coefficient (Wildman–Crippen LogP) is 4.85. The summed E-state index contributed by atoms with van der Waals surface area (Å²) in [7, 11) is -3.32. The highest BCUT2D eigenvalue weighted by Gasteiger charge is 2.36. The highest BCUT2D eigenvalue weighted by molar-refractivity contribution is 7.92. The zero-order valence-corrected chi connectivity index (χ0v) is 23.1. The molecule has 2 saturated carbocycles. The molecule has 1 unspecified atom stereocenters. The zero-order chi connectivity index (χ0) is 27.3. The summed E-state index contributed by atoms with van der Waals surface area (Å²) in [6, 6.07) is 6.53. The maximum absolute atomic E-state index is 13.4. The van der Waals surface area contributed by atoms with Crippen LogP contribution in [0.15, 0.2) is 40.6 Å². The van der Waals surface area contributed by atoms with E-state index in [0.717, 1.165) is 25.7 Å². The van der Waals surface area contributed by atoms with Crippen molar-refractivity contribution in [1.82, 2.24) is 4.98 Å². The Morgan fingerprint density at radius 2 is 1.76 bits per heavy atom. The number of nitrogens with zero attached hydrogens (tertiary/aromatic N) is 1. The highest BCUT2D eigenvalue weighted by Crippen LogP contribution is 2.35. The Hall–Kier alpha value is -3.05. The Kier molecular flexibility index (Phi) is 8.99. The molecule has 1 aromatic heterocycles. The van der Waals surface area contributed by atoms with Crippen molar-refractivity contribution in [3.05, 3.63) is 47.0 Å². The first-order valence-electron chi connectivity index (χ1n) is 12.8. The van der Waals surface area contributed by atoms with Crippen molar-refractivity contribution in [2.75, 3.05) is 11.9 Å². The number of thiazole rings is 1. The number of allylic oxidation sites excluding steroid dienone is 1. The molecule has 1 atom stereocenters. The SMILES string of the molecule is CC(=O)OCCC(OC(C)=O)c1csc(NC(=O)C(=CC2CCCC2)c2ccc(S(=O)(=O)C3CC3)cc2)n1. The third-order valence-corrected chi connectivity index (χ3v) is 9.62. The summed E-state index contributed by atoms with van der Waals surface area (Å²) in [5.74, 6) is -1.01. The van der Waals surface area contributed by atoms with Crippen LogP contribution in [0.3, 0.4) is 0 Å². The maximum Gasteiger partial charge on any atom is 0.303 e. The second-order valence-electron chi connectivity index (χ2n) is 9.65. The zero-order valence-electron chi connectivity index (χ0n) is 21.5. The maximum atomic E-state index is 13.4. The van der Waals surface area contributed by atoms with Gasteiger partial charge in [-0.05, 0) is 49.3 Å². The van der Waals surface area contributed by atoms with Crippen molar-refractivity contribution >= 4 is 49.7 Å². The molecule has 2 fully saturated rings. The summed E-state index contributed by atoms with van der Waals surface area (Å²) in [5, 5.41) is 4.57. The number of anilines is 1. The summed E-state index contributed by atoms with van der Waals surface area (Å²) in [4.78, 5) is 40.8. The van der Waals surface area contributed by atoms with Crippen molar-refractivity contribution in [2.45, 2.75) is 75.0 Å². The van der Waals surface area contributed by atoms with Gasteiger partial charge in [0.2, 0.25) is 0 Å². The molecule has 1 aromatic carbocycles. The van der Waals surface area contributed by atoms with Gasteiger partial charge in [-0.15, -0.1) is 11.3 Å². The fraction of sp³-hybridized carbons (Fsp3) is 0.481. The van der Waals surface area contributed by atoms with Crippen LogP contribution in [0.4, 0.5) is 5.13 Å². The monoisotopic (exact) mass is 560 g/mol. The minimum Gasteiger partial charge on any atom is -0.466 e. The van der Waals surface area contributed by atoms with Gasteiger partial charge in [-0.1, -0.05) is 31.1 Å². The number of carbonyl (C=O) groups excluding carboxylic acids is 3. The van der Waals surface area contributed by atoms with Crippen molar-refractivity contribution < 1.29 is 32.3 Å². The number of rotatable bonds is 11. The van der Waals surface area contributed by atoms with Gasteiger partial charge >= 0.3 is 11.9 Å². The highest BCUT2D eigenvalue weighted by atomic mass is 32.2. The fourth-order valence-corrected chi connectivity index (χ4v) is 6.89. The predicted molar refractivity (Wildman–Crippen MR) is 143 cm³/mol. The lowest BCUT2D eigenvalue weighted by atomic mass is 9.98. The van der Waals surface area contributed by atoms with E-state index in [-0.39, 0.29) is 35.0 Å². The Morgan fingerprint density at radius 1 is 1.08 bits per heavy atom. The Bertz CT molecular complexity index is 1310. The van der Waals surface area contributed by atoms with Crippen LogP contribution in [-0.4, -0.2) is 43.1 Å². The summed E-state index contributed by atoms with van der Waals surface area (Å²) >= 11 is 1.20. The average molecular weight is 561 g/mol. The standard InChI is InChI=1S/C27H32N2O7S2/c1-17(30)35-14-13-25(36-18(2)31)24-16-37-27(28-24)29-26(32)23(15-19-5-3-4-6-19)20-7-9-21(10-8-20)38(33,34)22-11-12-22/h7-10,15-16,19,22,25H,3-6,11-14H2,1-2H3,(H,28,29,32). The number of amides is 1. The van der Waals surface area contributed by atoms with Gasteiger partial charge < -0.3 is 9.47 Å². The van der Waals surface area contributed by atoms with Gasteiger partial charge in [0, 0.05) is 31.2 Å². The van der Waals surface area contributed by atoms with E-state index in [2.05, 4.69) is 10.3 Å². The number of hydrogen-bond acceptors (Lipinski definition) is 9. The number of esters is 2. The summed E-state index contributed by atoms with van der Waals surface area (Å²) in [6.45, 7) is 2.65. The molecule has 0 spiro atoms. The topological polar surface area (TPSA) is 129 Å². The first-order valence-corrected chi connectivity index (χ1v) is 15.2. The van der Waals surface area contributed by atoms with Crippen LogP contribution in [0.1, 0.15) is 76.2 Å². The number of hydrogen-bond donors (Lipinski definition) is 1. The van der Waals surface area contributed by atoms with E-state index in [9.17, 15) is 22.8 Å². The molecule has 2 aliphatic rings. The number of ether oxygens (including phenoxy) is 2. The molecule has 1 N–H and O–H groups in total. The van der Waals surface area contributed by atoms with E-state index < -0.39 is 27.9 Å². The van der Waals surface area contributed by atoms with E-state index in [1.165, 1.54) is 25.2 Å². The van der Waals surface area contributed by atoms with Crippen molar-refractivity contribution in [3.63, 3.8) is 0 Å². The van der Waals surface area contributed by atoms with E-state index in [0.29, 0.717) is 34.8 Å². The molecular weight excluding hydrogens is 528 g/mol.